The number of carboxylic acids is 1. The standard InChI is InChI=1S/C24H38BNO6/c1-15(13-22(28)29)9-12-21(27)26-19-14-16(2)20(30-18(19)4)11-10-17(3)25-31-23(5,6)24(7,8)32-25/h9-10,12,14-15,18-20H,11,13H2,1-8H3,(H,26,27)(H,28,29)/b12-9-,17-10+/t15?,18-,19-,20-/m1/s1. The Morgan fingerprint density at radius 2 is 1.84 bits per heavy atom. The van der Waals surface area contributed by atoms with E-state index in [4.69, 9.17) is 19.2 Å². The highest BCUT2D eigenvalue weighted by Crippen LogP contribution is 2.38. The van der Waals surface area contributed by atoms with Crippen molar-refractivity contribution in [3.63, 3.8) is 0 Å². The van der Waals surface area contributed by atoms with Crippen molar-refractivity contribution < 1.29 is 28.7 Å². The quantitative estimate of drug-likeness (QED) is 0.334. The van der Waals surface area contributed by atoms with Gasteiger partial charge in [0.25, 0.3) is 0 Å². The van der Waals surface area contributed by atoms with Crippen LogP contribution in [-0.4, -0.2) is 53.6 Å². The topological polar surface area (TPSA) is 94.1 Å². The van der Waals surface area contributed by atoms with E-state index in [0.29, 0.717) is 6.42 Å². The lowest BCUT2D eigenvalue weighted by atomic mass is 9.78. The minimum Gasteiger partial charge on any atom is -0.481 e. The smallest absolute Gasteiger partial charge is 0.481 e. The van der Waals surface area contributed by atoms with Gasteiger partial charge in [-0.1, -0.05) is 25.2 Å². The number of hydrogen-bond donors (Lipinski definition) is 2. The molecule has 1 unspecified atom stereocenters. The number of aliphatic carboxylic acids is 1. The summed E-state index contributed by atoms with van der Waals surface area (Å²) in [6, 6.07) is -0.244. The molecule has 1 saturated heterocycles. The van der Waals surface area contributed by atoms with Crippen molar-refractivity contribution in [2.24, 2.45) is 5.92 Å². The summed E-state index contributed by atoms with van der Waals surface area (Å²) < 4.78 is 18.4. The Balaban J connectivity index is 1.94. The Kier molecular flexibility index (Phi) is 8.53. The fourth-order valence-electron chi connectivity index (χ4n) is 3.60. The zero-order valence-corrected chi connectivity index (χ0v) is 20.6. The summed E-state index contributed by atoms with van der Waals surface area (Å²) in [6.45, 7) is 15.9. The Bertz CT molecular complexity index is 784. The molecular formula is C24H38BNO6. The van der Waals surface area contributed by atoms with Crippen LogP contribution in [0.5, 0.6) is 0 Å². The Morgan fingerprint density at radius 1 is 1.25 bits per heavy atom. The highest BCUT2D eigenvalue weighted by Gasteiger charge is 2.51. The van der Waals surface area contributed by atoms with E-state index in [0.717, 1.165) is 11.0 Å². The zero-order chi connectivity index (χ0) is 24.3. The molecule has 1 fully saturated rings. The molecule has 0 aromatic rings. The van der Waals surface area contributed by atoms with Crippen LogP contribution in [0, 0.1) is 5.92 Å². The molecule has 0 aromatic carbocycles. The number of amides is 1. The largest absolute Gasteiger partial charge is 0.489 e. The van der Waals surface area contributed by atoms with Crippen LogP contribution >= 0.6 is 0 Å². The lowest BCUT2D eigenvalue weighted by Crippen LogP contribution is -2.46. The van der Waals surface area contributed by atoms with Crippen LogP contribution in [0.4, 0.5) is 0 Å². The second kappa shape index (κ2) is 10.4. The van der Waals surface area contributed by atoms with Gasteiger partial charge >= 0.3 is 13.1 Å². The third kappa shape index (κ3) is 6.80. The minimum absolute atomic E-state index is 0.00766. The number of rotatable bonds is 8. The van der Waals surface area contributed by atoms with Crippen LogP contribution < -0.4 is 5.32 Å². The van der Waals surface area contributed by atoms with Gasteiger partial charge in [-0.05, 0) is 77.9 Å². The first-order chi connectivity index (χ1) is 14.7. The normalized spacial score (nSPS) is 28.5. The molecule has 4 atom stereocenters. The second-order valence-corrected chi connectivity index (χ2v) is 9.98. The van der Waals surface area contributed by atoms with Gasteiger partial charge in [0.1, 0.15) is 0 Å². The predicted molar refractivity (Wildman–Crippen MR) is 125 cm³/mol. The number of carboxylic acid groups (broad SMARTS) is 1. The molecule has 0 aliphatic carbocycles. The molecule has 0 spiro atoms. The Morgan fingerprint density at radius 3 is 2.41 bits per heavy atom. The van der Waals surface area contributed by atoms with Crippen LogP contribution in [0.3, 0.4) is 0 Å². The molecule has 2 aliphatic rings. The first-order valence-corrected chi connectivity index (χ1v) is 11.3. The maximum absolute atomic E-state index is 12.2. The van der Waals surface area contributed by atoms with E-state index in [1.54, 1.807) is 13.0 Å². The third-order valence-electron chi connectivity index (χ3n) is 6.50. The number of nitrogens with one attached hydrogen (secondary N) is 1. The van der Waals surface area contributed by atoms with Gasteiger partial charge in [-0.25, -0.2) is 0 Å². The number of hydrogen-bond acceptors (Lipinski definition) is 5. The summed E-state index contributed by atoms with van der Waals surface area (Å²) in [4.78, 5) is 23.0. The van der Waals surface area contributed by atoms with E-state index in [1.165, 1.54) is 6.08 Å². The molecule has 2 N–H and O–H groups in total. The maximum Gasteiger partial charge on any atom is 0.489 e. The number of allylic oxidation sites excluding steroid dienone is 2. The summed E-state index contributed by atoms with van der Waals surface area (Å²) in [5.41, 5.74) is 1.33. The molecule has 0 radical (unpaired) electrons. The number of carbonyl (C=O) groups excluding carboxylic acids is 1. The van der Waals surface area contributed by atoms with Crippen molar-refractivity contribution in [2.45, 2.75) is 97.7 Å². The van der Waals surface area contributed by atoms with E-state index in [2.05, 4.69) is 11.4 Å². The Hall–Kier alpha value is -1.90. The molecule has 7 nitrogen and oxygen atoms in total. The molecule has 0 bridgehead atoms. The van der Waals surface area contributed by atoms with Crippen molar-refractivity contribution in [2.75, 3.05) is 0 Å². The summed E-state index contributed by atoms with van der Waals surface area (Å²) in [5.74, 6) is -1.36. The first-order valence-electron chi connectivity index (χ1n) is 11.3. The van der Waals surface area contributed by atoms with Gasteiger partial charge in [-0.3, -0.25) is 9.59 Å². The second-order valence-electron chi connectivity index (χ2n) is 9.98. The van der Waals surface area contributed by atoms with Crippen LogP contribution in [0.25, 0.3) is 0 Å². The third-order valence-corrected chi connectivity index (χ3v) is 6.50. The van der Waals surface area contributed by atoms with Crippen molar-refractivity contribution in [1.82, 2.24) is 5.32 Å². The molecule has 32 heavy (non-hydrogen) atoms. The van der Waals surface area contributed by atoms with Crippen molar-refractivity contribution in [1.29, 1.82) is 0 Å². The monoisotopic (exact) mass is 447 g/mol. The minimum atomic E-state index is -0.885. The molecule has 0 saturated carbocycles. The van der Waals surface area contributed by atoms with E-state index < -0.39 is 5.97 Å². The summed E-state index contributed by atoms with van der Waals surface area (Å²) in [6.07, 6.45) is 7.55. The van der Waals surface area contributed by atoms with Gasteiger partial charge in [-0.2, -0.15) is 0 Å². The van der Waals surface area contributed by atoms with Crippen LogP contribution in [0.15, 0.2) is 35.3 Å². The highest BCUT2D eigenvalue weighted by atomic mass is 16.7. The summed E-state index contributed by atoms with van der Waals surface area (Å²) in [5, 5.41) is 11.7. The lowest BCUT2D eigenvalue weighted by Gasteiger charge is -2.33. The van der Waals surface area contributed by atoms with Crippen LogP contribution in [0.1, 0.15) is 68.2 Å². The van der Waals surface area contributed by atoms with Gasteiger partial charge in [-0.15, -0.1) is 0 Å². The van der Waals surface area contributed by atoms with Gasteiger partial charge in [0, 0.05) is 0 Å². The maximum atomic E-state index is 12.2. The highest BCUT2D eigenvalue weighted by molar-refractivity contribution is 6.54. The van der Waals surface area contributed by atoms with E-state index in [1.807, 2.05) is 54.5 Å². The molecule has 2 heterocycles. The molecule has 0 aromatic heterocycles. The number of carbonyl (C=O) groups is 2. The zero-order valence-electron chi connectivity index (χ0n) is 20.6. The SMILES string of the molecule is CC1=C[C@@H](NC(=O)/C=C\C(C)CC(=O)O)[C@@H](C)O[C@@H]1C/C=C(\C)B1OC(C)(C)C(C)(C)O1. The van der Waals surface area contributed by atoms with Gasteiger partial charge in [0.05, 0.1) is 35.9 Å². The molecule has 1 amide bonds. The van der Waals surface area contributed by atoms with Crippen LogP contribution in [0.2, 0.25) is 0 Å². The molecule has 178 valence electrons. The van der Waals surface area contributed by atoms with Crippen molar-refractivity contribution in [3.8, 4) is 0 Å². The Labute approximate surface area is 192 Å². The fourth-order valence-corrected chi connectivity index (χ4v) is 3.60. The van der Waals surface area contributed by atoms with Crippen molar-refractivity contribution in [3.05, 3.63) is 35.3 Å². The molecule has 8 heteroatoms. The van der Waals surface area contributed by atoms with E-state index in [-0.39, 0.29) is 54.8 Å². The van der Waals surface area contributed by atoms with E-state index >= 15 is 0 Å². The van der Waals surface area contributed by atoms with Crippen molar-refractivity contribution >= 4 is 19.0 Å². The molecular weight excluding hydrogens is 409 g/mol. The lowest BCUT2D eigenvalue weighted by molar-refractivity contribution is -0.137. The first kappa shape index (κ1) is 26.4. The summed E-state index contributed by atoms with van der Waals surface area (Å²) in [7, 11) is -0.368. The fraction of sp³-hybridized carbons (Fsp3) is 0.667. The average Bonchev–Trinajstić information content (AvgIpc) is 2.88. The summed E-state index contributed by atoms with van der Waals surface area (Å²) >= 11 is 0. The predicted octanol–water partition coefficient (Wildman–Crippen LogP) is 3.84. The molecule has 2 aliphatic heterocycles. The van der Waals surface area contributed by atoms with E-state index in [9.17, 15) is 9.59 Å². The number of ether oxygens (including phenoxy) is 1. The van der Waals surface area contributed by atoms with Gasteiger partial charge < -0.3 is 24.5 Å². The van der Waals surface area contributed by atoms with Gasteiger partial charge in [0.15, 0.2) is 0 Å². The van der Waals surface area contributed by atoms with Crippen LogP contribution in [-0.2, 0) is 23.6 Å². The average molecular weight is 447 g/mol. The molecule has 2 rings (SSSR count). The van der Waals surface area contributed by atoms with Gasteiger partial charge in [0.2, 0.25) is 5.91 Å².